The van der Waals surface area contributed by atoms with Gasteiger partial charge in [0.15, 0.2) is 4.80 Å². The van der Waals surface area contributed by atoms with Gasteiger partial charge in [0.25, 0.3) is 11.2 Å². The summed E-state index contributed by atoms with van der Waals surface area (Å²) in [5.74, 6) is 0. The average Bonchev–Trinajstić information content (AvgIpc) is 2.99. The Bertz CT molecular complexity index is 1240. The molecule has 2 heterocycles. The first-order chi connectivity index (χ1) is 13.4. The van der Waals surface area contributed by atoms with E-state index in [9.17, 15) is 14.9 Å². The third-order valence-corrected chi connectivity index (χ3v) is 5.88. The van der Waals surface area contributed by atoms with Gasteiger partial charge in [-0.15, -0.1) is 0 Å². The molecule has 0 atom stereocenters. The van der Waals surface area contributed by atoms with Crippen LogP contribution in [0.15, 0.2) is 52.3 Å². The van der Waals surface area contributed by atoms with Crippen LogP contribution in [0.1, 0.15) is 16.7 Å². The fourth-order valence-electron chi connectivity index (χ4n) is 3.04. The van der Waals surface area contributed by atoms with E-state index in [0.717, 1.165) is 11.3 Å². The van der Waals surface area contributed by atoms with Gasteiger partial charge in [0.2, 0.25) is 0 Å². The third kappa shape index (κ3) is 3.34. The zero-order valence-corrected chi connectivity index (χ0v) is 16.3. The van der Waals surface area contributed by atoms with Crippen molar-refractivity contribution in [1.82, 2.24) is 4.57 Å². The number of thiazole rings is 1. The van der Waals surface area contributed by atoms with Crippen LogP contribution in [0, 0.1) is 24.0 Å². The molecule has 0 unspecified atom stereocenters. The van der Waals surface area contributed by atoms with Gasteiger partial charge in [0.1, 0.15) is 13.3 Å². The molecule has 2 aromatic carbocycles. The normalized spacial score (nSPS) is 13.9. The fraction of sp³-hybridized carbons (Fsp3) is 0.200. The van der Waals surface area contributed by atoms with Gasteiger partial charge in [0.05, 0.1) is 9.46 Å². The first-order valence-electron chi connectivity index (χ1n) is 8.75. The predicted octanol–water partition coefficient (Wildman–Crippen LogP) is 2.32. The van der Waals surface area contributed by atoms with Crippen molar-refractivity contribution in [1.29, 1.82) is 0 Å². The van der Waals surface area contributed by atoms with Gasteiger partial charge in [-0.05, 0) is 60.9 Å². The summed E-state index contributed by atoms with van der Waals surface area (Å²) < 4.78 is 2.23. The standard InChI is InChI=1S/C20H18N4O3S/c1-13-3-6-17(9-14(13)2)22-11-21-20-23(12-22)19(25)18(28-20)10-15-4-7-16(8-5-15)24(26)27/h3-10H,11-12H2,1-2H3. The van der Waals surface area contributed by atoms with E-state index in [1.54, 1.807) is 22.8 Å². The maximum Gasteiger partial charge on any atom is 0.271 e. The Morgan fingerprint density at radius 2 is 1.89 bits per heavy atom. The van der Waals surface area contributed by atoms with Crippen molar-refractivity contribution in [3.8, 4) is 0 Å². The van der Waals surface area contributed by atoms with Gasteiger partial charge in [-0.1, -0.05) is 17.4 Å². The molecule has 8 heteroatoms. The number of fused-ring (bicyclic) bond motifs is 1. The van der Waals surface area contributed by atoms with Crippen LogP contribution in [0.5, 0.6) is 0 Å². The number of benzene rings is 2. The number of aromatic nitrogens is 1. The summed E-state index contributed by atoms with van der Waals surface area (Å²) in [7, 11) is 0. The number of nitrogens with zero attached hydrogens (tertiary/aromatic N) is 4. The topological polar surface area (TPSA) is 80.7 Å². The molecular formula is C20H18N4O3S. The highest BCUT2D eigenvalue weighted by molar-refractivity contribution is 7.07. The van der Waals surface area contributed by atoms with Crippen LogP contribution in [-0.2, 0) is 6.67 Å². The van der Waals surface area contributed by atoms with E-state index in [-0.39, 0.29) is 11.2 Å². The number of rotatable bonds is 3. The molecule has 0 spiro atoms. The number of anilines is 1. The molecule has 0 fully saturated rings. The Labute approximate surface area is 164 Å². The number of aryl methyl sites for hydroxylation is 2. The van der Waals surface area contributed by atoms with Gasteiger partial charge >= 0.3 is 0 Å². The maximum atomic E-state index is 12.8. The summed E-state index contributed by atoms with van der Waals surface area (Å²) in [5.41, 5.74) is 4.14. The van der Waals surface area contributed by atoms with Crippen LogP contribution in [0.4, 0.5) is 11.4 Å². The van der Waals surface area contributed by atoms with Gasteiger partial charge in [-0.25, -0.2) is 4.99 Å². The van der Waals surface area contributed by atoms with Crippen LogP contribution < -0.4 is 19.8 Å². The molecule has 7 nitrogen and oxygen atoms in total. The second-order valence-corrected chi connectivity index (χ2v) is 7.73. The van der Waals surface area contributed by atoms with Gasteiger partial charge in [-0.3, -0.25) is 19.5 Å². The van der Waals surface area contributed by atoms with Crippen LogP contribution in [0.25, 0.3) is 6.08 Å². The summed E-state index contributed by atoms with van der Waals surface area (Å²) in [6.07, 6.45) is 1.75. The highest BCUT2D eigenvalue weighted by Crippen LogP contribution is 2.20. The highest BCUT2D eigenvalue weighted by Gasteiger charge is 2.16. The molecule has 142 valence electrons. The van der Waals surface area contributed by atoms with Crippen molar-refractivity contribution in [2.45, 2.75) is 20.5 Å². The Morgan fingerprint density at radius 1 is 1.14 bits per heavy atom. The number of hydrogen-bond acceptors (Lipinski definition) is 6. The minimum atomic E-state index is -0.442. The van der Waals surface area contributed by atoms with Gasteiger partial charge < -0.3 is 4.90 Å². The lowest BCUT2D eigenvalue weighted by Crippen LogP contribution is -2.42. The number of hydrogen-bond donors (Lipinski definition) is 0. The minimum absolute atomic E-state index is 0.0263. The van der Waals surface area contributed by atoms with Crippen LogP contribution in [-0.4, -0.2) is 16.2 Å². The number of non-ortho nitro benzene ring substituents is 1. The zero-order valence-electron chi connectivity index (χ0n) is 15.5. The van der Waals surface area contributed by atoms with E-state index in [1.165, 1.54) is 34.6 Å². The Balaban J connectivity index is 1.67. The van der Waals surface area contributed by atoms with Crippen LogP contribution in [0.2, 0.25) is 0 Å². The molecule has 0 saturated carbocycles. The Morgan fingerprint density at radius 3 is 2.57 bits per heavy atom. The molecule has 1 aliphatic heterocycles. The van der Waals surface area contributed by atoms with E-state index >= 15 is 0 Å². The van der Waals surface area contributed by atoms with Crippen LogP contribution in [0.3, 0.4) is 0 Å². The molecule has 3 aromatic rings. The summed E-state index contributed by atoms with van der Waals surface area (Å²) in [6.45, 7) is 5.09. The third-order valence-electron chi connectivity index (χ3n) is 4.83. The Hall–Kier alpha value is -3.26. The number of nitro benzene ring substituents is 1. The molecule has 0 radical (unpaired) electrons. The molecule has 1 aromatic heterocycles. The summed E-state index contributed by atoms with van der Waals surface area (Å²) in [5, 5.41) is 10.8. The second kappa shape index (κ2) is 7.05. The molecule has 0 amide bonds. The van der Waals surface area contributed by atoms with E-state index in [1.807, 2.05) is 6.07 Å². The lowest BCUT2D eigenvalue weighted by atomic mass is 10.1. The van der Waals surface area contributed by atoms with Crippen molar-refractivity contribution in [3.05, 3.63) is 89.0 Å². The first kappa shape index (κ1) is 18.1. The first-order valence-corrected chi connectivity index (χ1v) is 9.56. The molecule has 0 aliphatic carbocycles. The van der Waals surface area contributed by atoms with Crippen molar-refractivity contribution in [2.75, 3.05) is 11.6 Å². The second-order valence-electron chi connectivity index (χ2n) is 6.72. The monoisotopic (exact) mass is 394 g/mol. The summed E-state index contributed by atoms with van der Waals surface area (Å²) in [4.78, 5) is 30.5. The molecule has 4 rings (SSSR count). The van der Waals surface area contributed by atoms with E-state index in [0.29, 0.717) is 22.7 Å². The zero-order chi connectivity index (χ0) is 19.8. The van der Waals surface area contributed by atoms with Gasteiger partial charge in [0, 0.05) is 17.8 Å². The predicted molar refractivity (Wildman–Crippen MR) is 109 cm³/mol. The Kier molecular flexibility index (Phi) is 4.56. The largest absolute Gasteiger partial charge is 0.334 e. The minimum Gasteiger partial charge on any atom is -0.334 e. The van der Waals surface area contributed by atoms with Gasteiger partial charge in [-0.2, -0.15) is 0 Å². The molecule has 0 N–H and O–H groups in total. The van der Waals surface area contributed by atoms with E-state index in [4.69, 9.17) is 0 Å². The van der Waals surface area contributed by atoms with Crippen molar-refractivity contribution in [3.63, 3.8) is 0 Å². The van der Waals surface area contributed by atoms with E-state index < -0.39 is 4.92 Å². The van der Waals surface area contributed by atoms with Crippen LogP contribution >= 0.6 is 11.3 Å². The quantitative estimate of drug-likeness (QED) is 0.504. The molecule has 1 aliphatic rings. The maximum absolute atomic E-state index is 12.8. The smallest absolute Gasteiger partial charge is 0.271 e. The average molecular weight is 394 g/mol. The lowest BCUT2D eigenvalue weighted by molar-refractivity contribution is -0.384. The number of nitro groups is 1. The van der Waals surface area contributed by atoms with Crippen molar-refractivity contribution < 1.29 is 4.92 Å². The molecule has 28 heavy (non-hydrogen) atoms. The molecule has 0 bridgehead atoms. The van der Waals surface area contributed by atoms with Crippen molar-refractivity contribution in [2.24, 2.45) is 4.99 Å². The lowest BCUT2D eigenvalue weighted by Gasteiger charge is -2.26. The van der Waals surface area contributed by atoms with E-state index in [2.05, 4.69) is 35.9 Å². The SMILES string of the molecule is Cc1ccc(N2CN=c3sc(=Cc4ccc([N+](=O)[O-])cc4)c(=O)n3C2)cc1C. The molecule has 0 saturated heterocycles. The fourth-order valence-corrected chi connectivity index (χ4v) is 4.00. The molecular weight excluding hydrogens is 376 g/mol. The highest BCUT2D eigenvalue weighted by atomic mass is 32.1. The van der Waals surface area contributed by atoms with Crippen molar-refractivity contribution >= 4 is 28.8 Å². The summed E-state index contributed by atoms with van der Waals surface area (Å²) >= 11 is 1.34. The summed E-state index contributed by atoms with van der Waals surface area (Å²) in [6, 6.07) is 12.4.